The second kappa shape index (κ2) is 7.70. The number of benzene rings is 1. The van der Waals surface area contributed by atoms with Crippen LogP contribution in [0, 0.1) is 11.7 Å². The molecule has 0 bridgehead atoms. The summed E-state index contributed by atoms with van der Waals surface area (Å²) in [5.41, 5.74) is 0.605. The highest BCUT2D eigenvalue weighted by Gasteiger charge is 2.31. The molecule has 0 radical (unpaired) electrons. The Morgan fingerprint density at radius 1 is 1.37 bits per heavy atom. The summed E-state index contributed by atoms with van der Waals surface area (Å²) in [6, 6.07) is 4.90. The summed E-state index contributed by atoms with van der Waals surface area (Å²) >= 11 is 0. The van der Waals surface area contributed by atoms with Crippen molar-refractivity contribution in [2.75, 3.05) is 13.1 Å². The summed E-state index contributed by atoms with van der Waals surface area (Å²) in [6.07, 6.45) is 1.73. The Kier molecular flexibility index (Phi) is 5.21. The van der Waals surface area contributed by atoms with Gasteiger partial charge in [-0.3, -0.25) is 0 Å². The molecule has 3 heterocycles. The van der Waals surface area contributed by atoms with Gasteiger partial charge in [-0.15, -0.1) is 0 Å². The largest absolute Gasteiger partial charge is 0.444 e. The van der Waals surface area contributed by atoms with Gasteiger partial charge in [0.1, 0.15) is 16.9 Å². The molecule has 2 aromatic heterocycles. The minimum atomic E-state index is -0.518. The summed E-state index contributed by atoms with van der Waals surface area (Å²) in [5.74, 6) is 0.471. The molecule has 0 N–H and O–H groups in total. The maximum absolute atomic E-state index is 14.5. The van der Waals surface area contributed by atoms with Crippen LogP contribution >= 0.6 is 0 Å². The second-order valence-electron chi connectivity index (χ2n) is 8.62. The highest BCUT2D eigenvalue weighted by Crippen LogP contribution is 2.26. The molecule has 30 heavy (non-hydrogen) atoms. The molecule has 4 rings (SSSR count). The van der Waals surface area contributed by atoms with Crippen LogP contribution in [-0.2, 0) is 17.6 Å². The van der Waals surface area contributed by atoms with E-state index in [1.54, 1.807) is 11.0 Å². The van der Waals surface area contributed by atoms with Crippen molar-refractivity contribution in [2.45, 2.75) is 52.6 Å². The molecule has 0 unspecified atom stereocenters. The number of aryl methyl sites for hydroxylation is 1. The number of amides is 1. The summed E-state index contributed by atoms with van der Waals surface area (Å²) < 4.78 is 26.7. The molecule has 9 heteroatoms. The zero-order valence-corrected chi connectivity index (χ0v) is 17.7. The number of rotatable bonds is 4. The maximum Gasteiger partial charge on any atom is 0.410 e. The van der Waals surface area contributed by atoms with Crippen LogP contribution in [0.2, 0.25) is 0 Å². The Labute approximate surface area is 174 Å². The number of nitrogens with zero attached hydrogens (tertiary/aromatic N) is 5. The van der Waals surface area contributed by atoms with E-state index < -0.39 is 5.60 Å². The fourth-order valence-corrected chi connectivity index (χ4v) is 3.75. The first kappa shape index (κ1) is 20.3. The third-order valence-electron chi connectivity index (χ3n) is 5.11. The molecule has 1 saturated heterocycles. The van der Waals surface area contributed by atoms with Gasteiger partial charge in [0.2, 0.25) is 5.89 Å². The minimum absolute atomic E-state index is 0.197. The molecule has 1 aliphatic rings. The van der Waals surface area contributed by atoms with Gasteiger partial charge < -0.3 is 14.2 Å². The smallest absolute Gasteiger partial charge is 0.410 e. The van der Waals surface area contributed by atoms with E-state index in [1.165, 1.54) is 10.7 Å². The summed E-state index contributed by atoms with van der Waals surface area (Å²) in [4.78, 5) is 18.4. The fraction of sp³-hybridized carbons (Fsp3) is 0.524. The van der Waals surface area contributed by atoms with Crippen LogP contribution in [0.3, 0.4) is 0 Å². The Balaban J connectivity index is 1.49. The standard InChI is InChI=1S/C21H26FN5O3/c1-5-16-14-7-6-8-15(22)18(14)27(24-16)19-23-17(30-25-19)11-13-9-10-26(12-13)20(28)29-21(2,3)4/h6-8,13H,5,9-12H2,1-4H3/t13-/m0/s1. The second-order valence-corrected chi connectivity index (χ2v) is 8.62. The van der Waals surface area contributed by atoms with Crippen molar-refractivity contribution >= 4 is 17.0 Å². The predicted octanol–water partition coefficient (Wildman–Crippen LogP) is 3.91. The number of hydrogen-bond donors (Lipinski definition) is 0. The number of hydrogen-bond acceptors (Lipinski definition) is 6. The lowest BCUT2D eigenvalue weighted by Gasteiger charge is -2.24. The van der Waals surface area contributed by atoms with Crippen molar-refractivity contribution in [1.29, 1.82) is 0 Å². The predicted molar refractivity (Wildman–Crippen MR) is 108 cm³/mol. The van der Waals surface area contributed by atoms with Gasteiger partial charge in [-0.25, -0.2) is 9.18 Å². The normalized spacial score (nSPS) is 17.1. The van der Waals surface area contributed by atoms with Crippen LogP contribution in [0.25, 0.3) is 16.9 Å². The van der Waals surface area contributed by atoms with E-state index >= 15 is 0 Å². The van der Waals surface area contributed by atoms with Gasteiger partial charge in [-0.1, -0.05) is 19.1 Å². The van der Waals surface area contributed by atoms with Crippen LogP contribution in [0.15, 0.2) is 22.7 Å². The van der Waals surface area contributed by atoms with Gasteiger partial charge in [0, 0.05) is 24.9 Å². The highest BCUT2D eigenvalue weighted by atomic mass is 19.1. The number of halogens is 1. The first-order valence-corrected chi connectivity index (χ1v) is 10.2. The molecule has 1 atom stereocenters. The lowest BCUT2D eigenvalue weighted by molar-refractivity contribution is 0.0287. The summed E-state index contributed by atoms with van der Waals surface area (Å²) in [6.45, 7) is 8.73. The Morgan fingerprint density at radius 3 is 2.90 bits per heavy atom. The molecule has 160 valence electrons. The molecule has 0 spiro atoms. The van der Waals surface area contributed by atoms with E-state index in [0.29, 0.717) is 37.3 Å². The van der Waals surface area contributed by atoms with Gasteiger partial charge in [-0.2, -0.15) is 14.8 Å². The number of likely N-dealkylation sites (tertiary alicyclic amines) is 1. The van der Waals surface area contributed by atoms with Crippen LogP contribution in [0.4, 0.5) is 9.18 Å². The van der Waals surface area contributed by atoms with E-state index in [1.807, 2.05) is 33.8 Å². The van der Waals surface area contributed by atoms with Crippen molar-refractivity contribution in [2.24, 2.45) is 5.92 Å². The van der Waals surface area contributed by atoms with Crippen LogP contribution in [0.5, 0.6) is 0 Å². The van der Waals surface area contributed by atoms with Crippen molar-refractivity contribution in [1.82, 2.24) is 24.8 Å². The Hall–Kier alpha value is -2.97. The average Bonchev–Trinajstić information content (AvgIpc) is 3.39. The molecule has 1 fully saturated rings. The molecule has 0 saturated carbocycles. The van der Waals surface area contributed by atoms with E-state index in [4.69, 9.17) is 9.26 Å². The minimum Gasteiger partial charge on any atom is -0.444 e. The number of aromatic nitrogens is 4. The monoisotopic (exact) mass is 415 g/mol. The number of carbonyl (C=O) groups excluding carboxylic acids is 1. The quantitative estimate of drug-likeness (QED) is 0.642. The molecule has 0 aliphatic carbocycles. The number of ether oxygens (including phenoxy) is 1. The molecule has 1 aromatic carbocycles. The molecule has 1 aliphatic heterocycles. The van der Waals surface area contributed by atoms with Crippen molar-refractivity contribution in [3.63, 3.8) is 0 Å². The topological polar surface area (TPSA) is 86.3 Å². The lowest BCUT2D eigenvalue weighted by Crippen LogP contribution is -2.35. The Bertz CT molecular complexity index is 1070. The molecule has 3 aromatic rings. The summed E-state index contributed by atoms with van der Waals surface area (Å²) in [7, 11) is 0. The van der Waals surface area contributed by atoms with Gasteiger partial charge in [0.25, 0.3) is 5.95 Å². The van der Waals surface area contributed by atoms with Crippen molar-refractivity contribution in [3.8, 4) is 5.95 Å². The van der Waals surface area contributed by atoms with E-state index in [2.05, 4.69) is 15.2 Å². The first-order valence-electron chi connectivity index (χ1n) is 10.2. The fourth-order valence-electron chi connectivity index (χ4n) is 3.75. The van der Waals surface area contributed by atoms with E-state index in [9.17, 15) is 9.18 Å². The van der Waals surface area contributed by atoms with Crippen molar-refractivity contribution < 1.29 is 18.4 Å². The van der Waals surface area contributed by atoms with Gasteiger partial charge in [-0.05, 0) is 50.8 Å². The first-order chi connectivity index (χ1) is 14.2. The van der Waals surface area contributed by atoms with Gasteiger partial charge in [0.05, 0.1) is 5.69 Å². The van der Waals surface area contributed by atoms with Gasteiger partial charge >= 0.3 is 6.09 Å². The average molecular weight is 415 g/mol. The van der Waals surface area contributed by atoms with Crippen LogP contribution in [0.1, 0.15) is 45.7 Å². The van der Waals surface area contributed by atoms with E-state index in [0.717, 1.165) is 17.5 Å². The number of para-hydroxylation sites is 1. The SMILES string of the molecule is CCc1nn(-c2noc(C[C@@H]3CCN(C(=O)OC(C)(C)C)C3)n2)c2c(F)cccc12. The third-order valence-corrected chi connectivity index (χ3v) is 5.11. The lowest BCUT2D eigenvalue weighted by atomic mass is 10.1. The number of carbonyl (C=O) groups is 1. The maximum atomic E-state index is 14.5. The molecular weight excluding hydrogens is 389 g/mol. The zero-order valence-electron chi connectivity index (χ0n) is 17.7. The Morgan fingerprint density at radius 2 is 2.17 bits per heavy atom. The third kappa shape index (κ3) is 4.01. The number of fused-ring (bicyclic) bond motifs is 1. The van der Waals surface area contributed by atoms with Crippen LogP contribution < -0.4 is 0 Å². The molecular formula is C21H26FN5O3. The van der Waals surface area contributed by atoms with Crippen LogP contribution in [-0.4, -0.2) is 49.6 Å². The zero-order chi connectivity index (χ0) is 21.5. The molecule has 8 nitrogen and oxygen atoms in total. The molecule has 1 amide bonds. The van der Waals surface area contributed by atoms with Gasteiger partial charge in [0.15, 0.2) is 0 Å². The van der Waals surface area contributed by atoms with Crippen molar-refractivity contribution in [3.05, 3.63) is 35.6 Å². The summed E-state index contributed by atoms with van der Waals surface area (Å²) in [5, 5.41) is 9.23. The van der Waals surface area contributed by atoms with E-state index in [-0.39, 0.29) is 23.8 Å². The highest BCUT2D eigenvalue weighted by molar-refractivity contribution is 5.83.